The van der Waals surface area contributed by atoms with Crippen LogP contribution in [0.4, 0.5) is 0 Å². The minimum Gasteiger partial charge on any atom is -0.492 e. The monoisotopic (exact) mass is 225 g/mol. The van der Waals surface area contributed by atoms with E-state index in [1.165, 1.54) is 0 Å². The van der Waals surface area contributed by atoms with Crippen molar-refractivity contribution in [1.82, 2.24) is 0 Å². The predicted octanol–water partition coefficient (Wildman–Crippen LogP) is 2.22. The second kappa shape index (κ2) is 5.59. The summed E-state index contributed by atoms with van der Waals surface area (Å²) in [6.07, 6.45) is 0. The Morgan fingerprint density at radius 1 is 1.60 bits per heavy atom. The summed E-state index contributed by atoms with van der Waals surface area (Å²) in [5, 5.41) is 18.2. The van der Waals surface area contributed by atoms with Crippen LogP contribution in [0.2, 0.25) is 5.02 Å². The smallest absolute Gasteiger partial charge is 0.138 e. The number of nitriles is 1. The normalized spacial score (nSPS) is 11.9. The molecule has 80 valence electrons. The van der Waals surface area contributed by atoms with Crippen LogP contribution in [-0.4, -0.2) is 18.3 Å². The maximum Gasteiger partial charge on any atom is 0.138 e. The predicted molar refractivity (Wildman–Crippen MR) is 57.9 cm³/mol. The largest absolute Gasteiger partial charge is 0.492 e. The molecule has 0 fully saturated rings. The molecule has 1 unspecified atom stereocenters. The number of halogens is 1. The average molecular weight is 226 g/mol. The van der Waals surface area contributed by atoms with Gasteiger partial charge in [0.15, 0.2) is 0 Å². The molecule has 1 aromatic rings. The third-order valence-corrected chi connectivity index (χ3v) is 2.13. The van der Waals surface area contributed by atoms with Crippen molar-refractivity contribution >= 4 is 11.6 Å². The van der Waals surface area contributed by atoms with E-state index in [1.807, 2.05) is 13.0 Å². The van der Waals surface area contributed by atoms with Crippen LogP contribution in [-0.2, 0) is 0 Å². The lowest BCUT2D eigenvalue weighted by atomic mass is 10.2. The van der Waals surface area contributed by atoms with Crippen molar-refractivity contribution < 1.29 is 9.84 Å². The molecule has 0 spiro atoms. The number of hydrogen-bond donors (Lipinski definition) is 1. The second-order valence-corrected chi connectivity index (χ2v) is 3.79. The summed E-state index contributed by atoms with van der Waals surface area (Å²) >= 11 is 5.78. The molecule has 0 aromatic heterocycles. The third-order valence-electron chi connectivity index (χ3n) is 1.90. The Hall–Kier alpha value is -1.24. The van der Waals surface area contributed by atoms with E-state index in [-0.39, 0.29) is 12.5 Å². The Labute approximate surface area is 93.9 Å². The van der Waals surface area contributed by atoms with E-state index in [1.54, 1.807) is 18.2 Å². The lowest BCUT2D eigenvalue weighted by molar-refractivity contribution is 0.174. The molecular weight excluding hydrogens is 214 g/mol. The number of benzene rings is 1. The number of aliphatic hydroxyl groups is 1. The van der Waals surface area contributed by atoms with Gasteiger partial charge in [-0.2, -0.15) is 5.26 Å². The zero-order chi connectivity index (χ0) is 11.3. The summed E-state index contributed by atoms with van der Waals surface area (Å²) in [5.41, 5.74) is 0.449. The summed E-state index contributed by atoms with van der Waals surface area (Å²) in [7, 11) is 0. The van der Waals surface area contributed by atoms with Gasteiger partial charge in [-0.05, 0) is 12.1 Å². The van der Waals surface area contributed by atoms with Crippen molar-refractivity contribution in [3.8, 4) is 11.8 Å². The Morgan fingerprint density at radius 3 is 2.93 bits per heavy atom. The van der Waals surface area contributed by atoms with E-state index in [0.29, 0.717) is 22.9 Å². The highest BCUT2D eigenvalue weighted by Gasteiger charge is 2.06. The van der Waals surface area contributed by atoms with Crippen molar-refractivity contribution in [3.05, 3.63) is 28.8 Å². The lowest BCUT2D eigenvalue weighted by Crippen LogP contribution is -2.12. The molecule has 4 heteroatoms. The Bertz CT molecular complexity index is 373. The topological polar surface area (TPSA) is 53.2 Å². The van der Waals surface area contributed by atoms with Gasteiger partial charge in [0, 0.05) is 23.6 Å². The highest BCUT2D eigenvalue weighted by molar-refractivity contribution is 6.30. The average Bonchev–Trinajstić information content (AvgIpc) is 2.26. The number of aliphatic hydroxyl groups excluding tert-OH is 1. The maximum atomic E-state index is 8.82. The first-order chi connectivity index (χ1) is 7.17. The molecule has 0 saturated heterocycles. The molecule has 15 heavy (non-hydrogen) atoms. The van der Waals surface area contributed by atoms with Crippen molar-refractivity contribution in [3.63, 3.8) is 0 Å². The molecule has 0 amide bonds. The fourth-order valence-electron chi connectivity index (χ4n) is 0.993. The molecule has 0 aliphatic carbocycles. The molecule has 0 aliphatic heterocycles. The zero-order valence-electron chi connectivity index (χ0n) is 8.40. The van der Waals surface area contributed by atoms with Crippen LogP contribution in [0.25, 0.3) is 0 Å². The third kappa shape index (κ3) is 3.43. The first-order valence-electron chi connectivity index (χ1n) is 4.60. The quantitative estimate of drug-likeness (QED) is 0.855. The molecule has 1 N–H and O–H groups in total. The van der Waals surface area contributed by atoms with Gasteiger partial charge in [0.2, 0.25) is 0 Å². The van der Waals surface area contributed by atoms with Crippen molar-refractivity contribution in [2.24, 2.45) is 5.92 Å². The Kier molecular flexibility index (Phi) is 4.41. The van der Waals surface area contributed by atoms with Gasteiger partial charge in [-0.1, -0.05) is 18.5 Å². The van der Waals surface area contributed by atoms with Crippen LogP contribution in [0, 0.1) is 17.2 Å². The fourth-order valence-corrected chi connectivity index (χ4v) is 1.15. The number of hydrogen-bond acceptors (Lipinski definition) is 3. The molecule has 0 bridgehead atoms. The van der Waals surface area contributed by atoms with Crippen molar-refractivity contribution in [1.29, 1.82) is 5.26 Å². The summed E-state index contributed by atoms with van der Waals surface area (Å²) in [6.45, 7) is 2.28. The lowest BCUT2D eigenvalue weighted by Gasteiger charge is -2.11. The van der Waals surface area contributed by atoms with E-state index < -0.39 is 0 Å². The van der Waals surface area contributed by atoms with Gasteiger partial charge in [-0.3, -0.25) is 0 Å². The van der Waals surface area contributed by atoms with Crippen LogP contribution < -0.4 is 4.74 Å². The standard InChI is InChI=1S/C11H12ClNO2/c1-8(6-14)7-15-11-4-10(12)3-2-9(11)5-13/h2-4,8,14H,6-7H2,1H3. The van der Waals surface area contributed by atoms with E-state index in [0.717, 1.165) is 0 Å². The minimum absolute atomic E-state index is 0.0375. The minimum atomic E-state index is 0.0375. The second-order valence-electron chi connectivity index (χ2n) is 3.35. The summed E-state index contributed by atoms with van der Waals surface area (Å²) in [4.78, 5) is 0. The van der Waals surface area contributed by atoms with Crippen LogP contribution in [0.5, 0.6) is 5.75 Å². The van der Waals surface area contributed by atoms with Crippen LogP contribution in [0.1, 0.15) is 12.5 Å². The van der Waals surface area contributed by atoms with Gasteiger partial charge in [-0.15, -0.1) is 0 Å². The van der Waals surface area contributed by atoms with Crippen LogP contribution in [0.3, 0.4) is 0 Å². The van der Waals surface area contributed by atoms with Crippen LogP contribution >= 0.6 is 11.6 Å². The van der Waals surface area contributed by atoms with Crippen LogP contribution in [0.15, 0.2) is 18.2 Å². The molecule has 0 radical (unpaired) electrons. The Balaban J connectivity index is 2.75. The molecule has 0 saturated carbocycles. The molecule has 3 nitrogen and oxygen atoms in total. The summed E-state index contributed by atoms with van der Waals surface area (Å²) in [6, 6.07) is 6.87. The zero-order valence-corrected chi connectivity index (χ0v) is 9.16. The van der Waals surface area contributed by atoms with Crippen molar-refractivity contribution in [2.45, 2.75) is 6.92 Å². The van der Waals surface area contributed by atoms with Gasteiger partial charge in [0.05, 0.1) is 12.2 Å². The maximum absolute atomic E-state index is 8.82. The van der Waals surface area contributed by atoms with E-state index in [4.69, 9.17) is 26.7 Å². The summed E-state index contributed by atoms with van der Waals surface area (Å²) < 4.78 is 5.39. The van der Waals surface area contributed by atoms with Gasteiger partial charge in [0.25, 0.3) is 0 Å². The molecular formula is C11H12ClNO2. The van der Waals surface area contributed by atoms with Gasteiger partial charge in [0.1, 0.15) is 11.8 Å². The fraction of sp³-hybridized carbons (Fsp3) is 0.364. The van der Waals surface area contributed by atoms with Crippen molar-refractivity contribution in [2.75, 3.05) is 13.2 Å². The molecule has 1 atom stereocenters. The summed E-state index contributed by atoms with van der Waals surface area (Å²) in [5.74, 6) is 0.501. The SMILES string of the molecule is CC(CO)COc1cc(Cl)ccc1C#N. The number of ether oxygens (including phenoxy) is 1. The first kappa shape index (κ1) is 11.8. The van der Waals surface area contributed by atoms with Gasteiger partial charge < -0.3 is 9.84 Å². The highest BCUT2D eigenvalue weighted by Crippen LogP contribution is 2.23. The first-order valence-corrected chi connectivity index (χ1v) is 4.98. The molecule has 0 aliphatic rings. The number of rotatable bonds is 4. The van der Waals surface area contributed by atoms with E-state index in [2.05, 4.69) is 0 Å². The Morgan fingerprint density at radius 2 is 2.33 bits per heavy atom. The molecule has 1 rings (SSSR count). The molecule has 0 heterocycles. The van der Waals surface area contributed by atoms with Gasteiger partial charge >= 0.3 is 0 Å². The van der Waals surface area contributed by atoms with E-state index in [9.17, 15) is 0 Å². The number of nitrogens with zero attached hydrogens (tertiary/aromatic N) is 1. The van der Waals surface area contributed by atoms with Gasteiger partial charge in [-0.25, -0.2) is 0 Å². The molecule has 1 aromatic carbocycles. The highest BCUT2D eigenvalue weighted by atomic mass is 35.5. The van der Waals surface area contributed by atoms with E-state index >= 15 is 0 Å².